The molecule has 15 heavy (non-hydrogen) atoms. The predicted octanol–water partition coefficient (Wildman–Crippen LogP) is 1.55. The number of allylic oxidation sites excluding steroid dienone is 1. The minimum Gasteiger partial charge on any atom is -0.316 e. The van der Waals surface area contributed by atoms with Crippen molar-refractivity contribution < 1.29 is 8.42 Å². The molecule has 0 radical (unpaired) electrons. The van der Waals surface area contributed by atoms with E-state index in [9.17, 15) is 8.42 Å². The third-order valence-corrected chi connectivity index (χ3v) is 4.13. The monoisotopic (exact) mass is 223 g/mol. The summed E-state index contributed by atoms with van der Waals surface area (Å²) < 4.78 is 23.4. The summed E-state index contributed by atoms with van der Waals surface area (Å²) in [6, 6.07) is 5.40. The van der Waals surface area contributed by atoms with Gasteiger partial charge < -0.3 is 5.32 Å². The zero-order valence-electron chi connectivity index (χ0n) is 8.74. The first-order chi connectivity index (χ1) is 7.06. The molecule has 0 unspecified atom stereocenters. The lowest BCUT2D eigenvalue weighted by molar-refractivity contribution is 0.605. The van der Waals surface area contributed by atoms with Gasteiger partial charge in [-0.05, 0) is 31.2 Å². The number of benzene rings is 1. The topological polar surface area (TPSA) is 46.2 Å². The number of sulfone groups is 1. The van der Waals surface area contributed by atoms with Crippen molar-refractivity contribution in [2.75, 3.05) is 7.05 Å². The first-order valence-electron chi connectivity index (χ1n) is 4.76. The van der Waals surface area contributed by atoms with Crippen LogP contribution < -0.4 is 5.32 Å². The summed E-state index contributed by atoms with van der Waals surface area (Å²) in [6.45, 7) is 2.52. The Morgan fingerprint density at radius 2 is 2.07 bits per heavy atom. The Morgan fingerprint density at radius 1 is 1.33 bits per heavy atom. The van der Waals surface area contributed by atoms with Gasteiger partial charge in [0.25, 0.3) is 0 Å². The van der Waals surface area contributed by atoms with Gasteiger partial charge in [-0.1, -0.05) is 12.1 Å². The Morgan fingerprint density at radius 3 is 2.73 bits per heavy atom. The third kappa shape index (κ3) is 1.60. The highest BCUT2D eigenvalue weighted by molar-refractivity contribution is 7.95. The van der Waals surface area contributed by atoms with Crippen LogP contribution in [0.15, 0.2) is 28.5 Å². The first kappa shape index (κ1) is 10.4. The molecule has 4 heteroatoms. The van der Waals surface area contributed by atoms with Crippen molar-refractivity contribution in [3.05, 3.63) is 34.7 Å². The molecule has 1 aliphatic rings. The molecule has 0 bridgehead atoms. The number of hydrogen-bond donors (Lipinski definition) is 1. The highest BCUT2D eigenvalue weighted by atomic mass is 32.2. The summed E-state index contributed by atoms with van der Waals surface area (Å²) in [4.78, 5) is 0.438. The van der Waals surface area contributed by atoms with Gasteiger partial charge in [0.2, 0.25) is 9.84 Å². The normalized spacial score (nSPS) is 17.3. The van der Waals surface area contributed by atoms with Gasteiger partial charge in [-0.25, -0.2) is 8.42 Å². The maximum atomic E-state index is 11.7. The van der Waals surface area contributed by atoms with Crippen LogP contribution in [0.2, 0.25) is 0 Å². The average Bonchev–Trinajstić information content (AvgIpc) is 2.39. The summed E-state index contributed by atoms with van der Waals surface area (Å²) in [5, 5.41) is 4.38. The molecule has 0 spiro atoms. The number of nitrogens with one attached hydrogen (secondary N) is 1. The van der Waals surface area contributed by atoms with Crippen LogP contribution in [-0.2, 0) is 16.4 Å². The lowest BCUT2D eigenvalue weighted by Gasteiger charge is -2.08. The number of rotatable bonds is 2. The molecule has 1 aromatic carbocycles. The summed E-state index contributed by atoms with van der Waals surface area (Å²) >= 11 is 0. The summed E-state index contributed by atoms with van der Waals surface area (Å²) in [5.74, 6) is 0. The van der Waals surface area contributed by atoms with E-state index in [0.29, 0.717) is 11.4 Å². The maximum Gasteiger partial charge on any atom is 0.200 e. The first-order valence-corrected chi connectivity index (χ1v) is 6.31. The van der Waals surface area contributed by atoms with E-state index in [1.54, 1.807) is 12.1 Å². The molecule has 80 valence electrons. The van der Waals surface area contributed by atoms with Crippen LogP contribution in [0.5, 0.6) is 0 Å². The van der Waals surface area contributed by atoms with E-state index < -0.39 is 9.84 Å². The minimum atomic E-state index is -3.19. The van der Waals surface area contributed by atoms with Gasteiger partial charge in [-0.2, -0.15) is 0 Å². The molecule has 0 fully saturated rings. The van der Waals surface area contributed by atoms with Crippen molar-refractivity contribution in [2.45, 2.75) is 18.4 Å². The SMILES string of the molecule is CNCc1cccc2c1C(C)=CS2(=O)=O. The second-order valence-electron chi connectivity index (χ2n) is 3.67. The van der Waals surface area contributed by atoms with Crippen LogP contribution in [0.1, 0.15) is 18.1 Å². The van der Waals surface area contributed by atoms with Crippen molar-refractivity contribution in [1.29, 1.82) is 0 Å². The van der Waals surface area contributed by atoms with Gasteiger partial charge in [0.05, 0.1) is 4.90 Å². The van der Waals surface area contributed by atoms with Crippen LogP contribution in [0.3, 0.4) is 0 Å². The van der Waals surface area contributed by atoms with Crippen LogP contribution >= 0.6 is 0 Å². The van der Waals surface area contributed by atoms with Crippen LogP contribution in [0.4, 0.5) is 0 Å². The summed E-state index contributed by atoms with van der Waals surface area (Å²) in [7, 11) is -1.34. The Balaban J connectivity index is 2.69. The Bertz CT molecular complexity index is 530. The molecule has 1 aromatic rings. The fraction of sp³-hybridized carbons (Fsp3) is 0.273. The molecule has 0 saturated heterocycles. The Kier molecular flexibility index (Phi) is 2.40. The molecule has 2 rings (SSSR count). The largest absolute Gasteiger partial charge is 0.316 e. The van der Waals surface area contributed by atoms with Gasteiger partial charge in [-0.3, -0.25) is 0 Å². The highest BCUT2D eigenvalue weighted by Gasteiger charge is 2.26. The zero-order chi connectivity index (χ0) is 11.1. The zero-order valence-corrected chi connectivity index (χ0v) is 9.56. The quantitative estimate of drug-likeness (QED) is 0.827. The average molecular weight is 223 g/mol. The molecular weight excluding hydrogens is 210 g/mol. The summed E-state index contributed by atoms with van der Waals surface area (Å²) in [6.07, 6.45) is 0. The van der Waals surface area contributed by atoms with Crippen molar-refractivity contribution in [1.82, 2.24) is 5.32 Å². The van der Waals surface area contributed by atoms with Gasteiger partial charge in [0.1, 0.15) is 0 Å². The maximum absolute atomic E-state index is 11.7. The molecule has 1 aliphatic heterocycles. The van der Waals surface area contributed by atoms with Crippen LogP contribution in [0, 0.1) is 0 Å². The lowest BCUT2D eigenvalue weighted by Crippen LogP contribution is -2.07. The molecule has 0 aliphatic carbocycles. The molecule has 0 saturated carbocycles. The molecule has 0 aromatic heterocycles. The highest BCUT2D eigenvalue weighted by Crippen LogP contribution is 2.35. The second-order valence-corrected chi connectivity index (χ2v) is 5.43. The fourth-order valence-electron chi connectivity index (χ4n) is 1.95. The van der Waals surface area contributed by atoms with Crippen LogP contribution in [-0.4, -0.2) is 15.5 Å². The molecular formula is C11H13NO2S. The van der Waals surface area contributed by atoms with E-state index >= 15 is 0 Å². The fourth-order valence-corrected chi connectivity index (χ4v) is 3.51. The number of hydrogen-bond acceptors (Lipinski definition) is 3. The van der Waals surface area contributed by atoms with Crippen molar-refractivity contribution >= 4 is 15.4 Å². The van der Waals surface area contributed by atoms with E-state index in [-0.39, 0.29) is 0 Å². The van der Waals surface area contributed by atoms with E-state index in [1.165, 1.54) is 5.41 Å². The molecule has 0 amide bonds. The van der Waals surface area contributed by atoms with Crippen molar-refractivity contribution in [3.8, 4) is 0 Å². The van der Waals surface area contributed by atoms with Crippen LogP contribution in [0.25, 0.3) is 5.57 Å². The standard InChI is InChI=1S/C11H13NO2S/c1-8-7-15(13,14)10-5-3-4-9(6-12-2)11(8)10/h3-5,7,12H,6H2,1-2H3. The van der Waals surface area contributed by atoms with Gasteiger partial charge in [-0.15, -0.1) is 0 Å². The molecule has 3 nitrogen and oxygen atoms in total. The predicted molar refractivity (Wildman–Crippen MR) is 60.0 cm³/mol. The van der Waals surface area contributed by atoms with Gasteiger partial charge in [0, 0.05) is 17.5 Å². The van der Waals surface area contributed by atoms with Gasteiger partial charge >= 0.3 is 0 Å². The molecule has 0 atom stereocenters. The second kappa shape index (κ2) is 3.47. The third-order valence-electron chi connectivity index (χ3n) is 2.51. The van der Waals surface area contributed by atoms with Crippen molar-refractivity contribution in [3.63, 3.8) is 0 Å². The Hall–Kier alpha value is -1.13. The van der Waals surface area contributed by atoms with Crippen molar-refractivity contribution in [2.24, 2.45) is 0 Å². The minimum absolute atomic E-state index is 0.438. The molecule has 1 heterocycles. The molecule has 1 N–H and O–H groups in total. The van der Waals surface area contributed by atoms with Gasteiger partial charge in [0.15, 0.2) is 0 Å². The van der Waals surface area contributed by atoms with E-state index in [1.807, 2.05) is 20.0 Å². The Labute approximate surface area is 89.7 Å². The number of fused-ring (bicyclic) bond motifs is 1. The van der Waals surface area contributed by atoms with E-state index in [4.69, 9.17) is 0 Å². The lowest BCUT2D eigenvalue weighted by atomic mass is 10.0. The van der Waals surface area contributed by atoms with E-state index in [2.05, 4.69) is 5.32 Å². The smallest absolute Gasteiger partial charge is 0.200 e. The summed E-state index contributed by atoms with van der Waals surface area (Å²) in [5.41, 5.74) is 2.73. The van der Waals surface area contributed by atoms with E-state index in [0.717, 1.165) is 16.7 Å².